The molecule has 2 aliphatic rings. The smallest absolute Gasteiger partial charge is 0.279 e. The van der Waals surface area contributed by atoms with E-state index < -0.39 is 10.2 Å². The maximum Gasteiger partial charge on any atom is 0.279 e. The quantitative estimate of drug-likeness (QED) is 0.884. The lowest BCUT2D eigenvalue weighted by Crippen LogP contribution is -2.48. The van der Waals surface area contributed by atoms with E-state index in [1.54, 1.807) is 4.31 Å². The third kappa shape index (κ3) is 3.13. The number of fused-ring (bicyclic) bond motifs is 1. The van der Waals surface area contributed by atoms with Gasteiger partial charge in [0.2, 0.25) is 0 Å². The van der Waals surface area contributed by atoms with Crippen molar-refractivity contribution in [2.24, 2.45) is 5.73 Å². The minimum atomic E-state index is -3.44. The first kappa shape index (κ1) is 15.0. The van der Waals surface area contributed by atoms with E-state index in [-0.39, 0.29) is 12.1 Å². The van der Waals surface area contributed by atoms with Crippen molar-refractivity contribution < 1.29 is 8.42 Å². The Balaban J connectivity index is 1.72. The maximum absolute atomic E-state index is 12.6. The zero-order valence-corrected chi connectivity index (χ0v) is 13.0. The molecule has 0 aromatic heterocycles. The number of rotatable bonds is 3. The zero-order chi connectivity index (χ0) is 14.9. The lowest BCUT2D eigenvalue weighted by molar-refractivity contribution is 0.401. The number of hydrogen-bond donors (Lipinski definition) is 2. The molecule has 1 fully saturated rings. The minimum absolute atomic E-state index is 0.240. The summed E-state index contributed by atoms with van der Waals surface area (Å²) >= 11 is 0. The summed E-state index contributed by atoms with van der Waals surface area (Å²) in [6, 6.07) is 7.43. The molecule has 1 aliphatic heterocycles. The first-order valence-corrected chi connectivity index (χ1v) is 9.13. The largest absolute Gasteiger partial charge is 0.323 e. The Kier molecular flexibility index (Phi) is 4.31. The van der Waals surface area contributed by atoms with Crippen molar-refractivity contribution in [3.63, 3.8) is 0 Å². The van der Waals surface area contributed by atoms with Crippen LogP contribution in [-0.2, 0) is 16.6 Å². The van der Waals surface area contributed by atoms with Crippen LogP contribution in [0, 0.1) is 0 Å². The first-order chi connectivity index (χ1) is 10.1. The number of benzene rings is 1. The molecule has 3 N–H and O–H groups in total. The number of nitrogens with one attached hydrogen (secondary N) is 1. The third-order valence-corrected chi connectivity index (χ3v) is 6.14. The average Bonchev–Trinajstić information content (AvgIpc) is 2.68. The zero-order valence-electron chi connectivity index (χ0n) is 12.2. The van der Waals surface area contributed by atoms with Crippen LogP contribution in [0.3, 0.4) is 0 Å². The average molecular weight is 309 g/mol. The van der Waals surface area contributed by atoms with Gasteiger partial charge in [0.25, 0.3) is 10.2 Å². The van der Waals surface area contributed by atoms with Gasteiger partial charge in [0.15, 0.2) is 0 Å². The van der Waals surface area contributed by atoms with Crippen LogP contribution in [-0.4, -0.2) is 31.9 Å². The van der Waals surface area contributed by atoms with Crippen molar-refractivity contribution in [1.82, 2.24) is 9.03 Å². The van der Waals surface area contributed by atoms with Gasteiger partial charge in [-0.05, 0) is 30.4 Å². The van der Waals surface area contributed by atoms with Crippen molar-refractivity contribution in [2.45, 2.75) is 44.2 Å². The van der Waals surface area contributed by atoms with Gasteiger partial charge in [0, 0.05) is 25.2 Å². The molecule has 116 valence electrons. The van der Waals surface area contributed by atoms with Crippen molar-refractivity contribution in [3.8, 4) is 0 Å². The molecule has 1 aromatic carbocycles. The standard InChI is InChI=1S/C15H23N3O2S/c16-15-13-8-4-3-7-12(13)11-14(15)17-21(19,20)18-9-5-1-2-6-10-18/h3-4,7-8,14-15,17H,1-2,5-6,9-11,16H2/t14-,15-/m1/s1. The van der Waals surface area contributed by atoms with Gasteiger partial charge in [-0.15, -0.1) is 0 Å². The molecule has 21 heavy (non-hydrogen) atoms. The predicted molar refractivity (Wildman–Crippen MR) is 83.0 cm³/mol. The predicted octanol–water partition coefficient (Wildman–Crippen LogP) is 1.32. The molecule has 0 spiro atoms. The van der Waals surface area contributed by atoms with E-state index in [4.69, 9.17) is 5.73 Å². The molecule has 0 radical (unpaired) electrons. The van der Waals surface area contributed by atoms with E-state index in [0.717, 1.165) is 36.8 Å². The summed E-state index contributed by atoms with van der Waals surface area (Å²) < 4.78 is 29.5. The van der Waals surface area contributed by atoms with E-state index in [1.165, 1.54) is 0 Å². The summed E-state index contributed by atoms with van der Waals surface area (Å²) in [6.45, 7) is 1.23. The fraction of sp³-hybridized carbons (Fsp3) is 0.600. The van der Waals surface area contributed by atoms with Crippen LogP contribution in [0.5, 0.6) is 0 Å². The molecule has 0 unspecified atom stereocenters. The molecule has 5 nitrogen and oxygen atoms in total. The molecular weight excluding hydrogens is 286 g/mol. The van der Waals surface area contributed by atoms with E-state index in [9.17, 15) is 8.42 Å². The van der Waals surface area contributed by atoms with Gasteiger partial charge in [0.1, 0.15) is 0 Å². The second kappa shape index (κ2) is 6.04. The topological polar surface area (TPSA) is 75.4 Å². The summed E-state index contributed by atoms with van der Waals surface area (Å²) in [5.41, 5.74) is 8.42. The van der Waals surface area contributed by atoms with Crippen LogP contribution >= 0.6 is 0 Å². The summed E-state index contributed by atoms with van der Waals surface area (Å²) in [5, 5.41) is 0. The SMILES string of the molecule is N[C@@H]1c2ccccc2C[C@H]1NS(=O)(=O)N1CCCCCC1. The van der Waals surface area contributed by atoms with Crippen LogP contribution in [0.4, 0.5) is 0 Å². The van der Waals surface area contributed by atoms with Gasteiger partial charge in [-0.1, -0.05) is 37.1 Å². The van der Waals surface area contributed by atoms with E-state index >= 15 is 0 Å². The Morgan fingerprint density at radius 2 is 1.76 bits per heavy atom. The fourth-order valence-electron chi connectivity index (χ4n) is 3.29. The summed E-state index contributed by atoms with van der Waals surface area (Å²) in [6.07, 6.45) is 4.78. The molecule has 1 aliphatic carbocycles. The van der Waals surface area contributed by atoms with E-state index in [1.807, 2.05) is 24.3 Å². The third-order valence-electron chi connectivity index (χ3n) is 4.49. The van der Waals surface area contributed by atoms with Gasteiger partial charge < -0.3 is 5.73 Å². The monoisotopic (exact) mass is 309 g/mol. The van der Waals surface area contributed by atoms with Crippen molar-refractivity contribution >= 4 is 10.2 Å². The molecular formula is C15H23N3O2S. The molecule has 6 heteroatoms. The highest BCUT2D eigenvalue weighted by molar-refractivity contribution is 7.87. The Morgan fingerprint density at radius 1 is 1.10 bits per heavy atom. The van der Waals surface area contributed by atoms with Crippen LogP contribution in [0.15, 0.2) is 24.3 Å². The minimum Gasteiger partial charge on any atom is -0.323 e. The van der Waals surface area contributed by atoms with Gasteiger partial charge in [-0.25, -0.2) is 0 Å². The molecule has 0 amide bonds. The molecule has 0 saturated carbocycles. The number of nitrogens with zero attached hydrogens (tertiary/aromatic N) is 1. The van der Waals surface area contributed by atoms with Crippen molar-refractivity contribution in [1.29, 1.82) is 0 Å². The van der Waals surface area contributed by atoms with Crippen LogP contribution < -0.4 is 10.5 Å². The Morgan fingerprint density at radius 3 is 2.43 bits per heavy atom. The second-order valence-corrected chi connectivity index (χ2v) is 7.67. The molecule has 2 atom stereocenters. The highest BCUT2D eigenvalue weighted by Gasteiger charge is 2.34. The normalized spacial score (nSPS) is 27.3. The van der Waals surface area contributed by atoms with Crippen LogP contribution in [0.2, 0.25) is 0 Å². The number of hydrogen-bond acceptors (Lipinski definition) is 3. The molecule has 1 heterocycles. The fourth-order valence-corrected chi connectivity index (χ4v) is 4.79. The highest BCUT2D eigenvalue weighted by Crippen LogP contribution is 2.30. The van der Waals surface area contributed by atoms with Crippen LogP contribution in [0.25, 0.3) is 0 Å². The van der Waals surface area contributed by atoms with Crippen molar-refractivity contribution in [2.75, 3.05) is 13.1 Å². The van der Waals surface area contributed by atoms with E-state index in [2.05, 4.69) is 4.72 Å². The Bertz CT molecular complexity index is 595. The number of nitrogens with two attached hydrogens (primary N) is 1. The lowest BCUT2D eigenvalue weighted by atomic mass is 10.1. The molecule has 1 saturated heterocycles. The molecule has 0 bridgehead atoms. The molecule has 1 aromatic rings. The van der Waals surface area contributed by atoms with Gasteiger partial charge in [-0.3, -0.25) is 0 Å². The maximum atomic E-state index is 12.6. The Labute approximate surface area is 126 Å². The highest BCUT2D eigenvalue weighted by atomic mass is 32.2. The molecule has 3 rings (SSSR count). The summed E-state index contributed by atoms with van der Waals surface area (Å²) in [5.74, 6) is 0. The summed E-state index contributed by atoms with van der Waals surface area (Å²) in [4.78, 5) is 0. The van der Waals surface area contributed by atoms with Crippen molar-refractivity contribution in [3.05, 3.63) is 35.4 Å². The lowest BCUT2D eigenvalue weighted by Gasteiger charge is -2.24. The Hall–Kier alpha value is -0.950. The van der Waals surface area contributed by atoms with E-state index in [0.29, 0.717) is 19.5 Å². The first-order valence-electron chi connectivity index (χ1n) is 7.69. The van der Waals surface area contributed by atoms with Gasteiger partial charge in [-0.2, -0.15) is 17.4 Å². The second-order valence-electron chi connectivity index (χ2n) is 5.97. The van der Waals surface area contributed by atoms with Crippen LogP contribution in [0.1, 0.15) is 42.9 Å². The van der Waals surface area contributed by atoms with Gasteiger partial charge in [0.05, 0.1) is 0 Å². The summed E-state index contributed by atoms with van der Waals surface area (Å²) in [7, 11) is -3.44. The van der Waals surface area contributed by atoms with Gasteiger partial charge >= 0.3 is 0 Å².